The Bertz CT molecular complexity index is 506. The predicted molar refractivity (Wildman–Crippen MR) is 71.7 cm³/mol. The zero-order valence-electron chi connectivity index (χ0n) is 9.89. The predicted octanol–water partition coefficient (Wildman–Crippen LogP) is 1.88. The number of fused-ring (bicyclic) bond motifs is 1. The lowest BCUT2D eigenvalue weighted by Crippen LogP contribution is -2.30. The Hall–Kier alpha value is -1.20. The van der Waals surface area contributed by atoms with Crippen molar-refractivity contribution >= 4 is 27.4 Å². The van der Waals surface area contributed by atoms with Gasteiger partial charge in [-0.05, 0) is 24.3 Å². The molecule has 0 unspecified atom stereocenters. The maximum atomic E-state index is 4.39. The maximum absolute atomic E-state index is 4.39. The Morgan fingerprint density at radius 2 is 2.35 bits per heavy atom. The third kappa shape index (κ3) is 2.40. The van der Waals surface area contributed by atoms with Crippen LogP contribution in [-0.4, -0.2) is 36.1 Å². The zero-order chi connectivity index (χ0) is 11.7. The minimum absolute atomic E-state index is 0.773. The third-order valence-corrected chi connectivity index (χ3v) is 3.88. The molecule has 2 heterocycles. The fraction of sp³-hybridized carbons (Fsp3) is 0.500. The molecule has 0 spiro atoms. The van der Waals surface area contributed by atoms with Crippen LogP contribution in [0.4, 0.5) is 5.82 Å². The van der Waals surface area contributed by atoms with Crippen molar-refractivity contribution in [1.82, 2.24) is 15.3 Å². The molecule has 1 aliphatic carbocycles. The molecule has 0 saturated heterocycles. The lowest BCUT2D eigenvalue weighted by atomic mass is 10.3. The Balaban J connectivity index is 1.70. The molecule has 4 nitrogen and oxygen atoms in total. The number of hydrogen-bond acceptors (Lipinski definition) is 5. The summed E-state index contributed by atoms with van der Waals surface area (Å²) in [5, 5.41) is 6.74. The first-order valence-corrected chi connectivity index (χ1v) is 6.85. The van der Waals surface area contributed by atoms with Crippen LogP contribution in [0.1, 0.15) is 12.8 Å². The van der Waals surface area contributed by atoms with E-state index in [2.05, 4.69) is 38.7 Å². The first-order valence-electron chi connectivity index (χ1n) is 5.97. The quantitative estimate of drug-likeness (QED) is 0.877. The normalized spacial score (nSPS) is 15.4. The van der Waals surface area contributed by atoms with Crippen LogP contribution in [0.2, 0.25) is 0 Å². The minimum Gasteiger partial charge on any atom is -0.358 e. The van der Waals surface area contributed by atoms with Gasteiger partial charge in [-0.2, -0.15) is 0 Å². The van der Waals surface area contributed by atoms with E-state index in [9.17, 15) is 0 Å². The molecule has 17 heavy (non-hydrogen) atoms. The Kier molecular flexibility index (Phi) is 2.94. The summed E-state index contributed by atoms with van der Waals surface area (Å²) in [6, 6.07) is 2.87. The van der Waals surface area contributed by atoms with E-state index in [4.69, 9.17) is 0 Å². The lowest BCUT2D eigenvalue weighted by Gasteiger charge is -2.18. The van der Waals surface area contributed by atoms with Gasteiger partial charge < -0.3 is 10.2 Å². The van der Waals surface area contributed by atoms with Gasteiger partial charge in [0.2, 0.25) is 0 Å². The summed E-state index contributed by atoms with van der Waals surface area (Å²) in [5.41, 5.74) is 0. The second-order valence-electron chi connectivity index (χ2n) is 4.49. The van der Waals surface area contributed by atoms with Crippen molar-refractivity contribution in [3.8, 4) is 0 Å². The van der Waals surface area contributed by atoms with E-state index in [-0.39, 0.29) is 0 Å². The van der Waals surface area contributed by atoms with Crippen LogP contribution in [0.15, 0.2) is 17.8 Å². The highest BCUT2D eigenvalue weighted by Crippen LogP contribution is 2.25. The van der Waals surface area contributed by atoms with Crippen LogP contribution < -0.4 is 10.2 Å². The first kappa shape index (κ1) is 10.9. The highest BCUT2D eigenvalue weighted by Gasteiger charge is 2.20. The maximum Gasteiger partial charge on any atom is 0.140 e. The topological polar surface area (TPSA) is 41.0 Å². The second-order valence-corrected chi connectivity index (χ2v) is 5.38. The smallest absolute Gasteiger partial charge is 0.140 e. The molecule has 1 saturated carbocycles. The van der Waals surface area contributed by atoms with E-state index in [1.165, 1.54) is 12.8 Å². The van der Waals surface area contributed by atoms with Gasteiger partial charge in [0.1, 0.15) is 17.0 Å². The molecule has 0 amide bonds. The number of nitrogens with one attached hydrogen (secondary N) is 1. The number of aromatic nitrogens is 2. The number of rotatable bonds is 5. The van der Waals surface area contributed by atoms with Gasteiger partial charge in [0.25, 0.3) is 0 Å². The molecule has 2 aromatic heterocycles. The van der Waals surface area contributed by atoms with E-state index in [0.29, 0.717) is 0 Å². The number of thiophene rings is 1. The molecule has 0 aliphatic heterocycles. The lowest BCUT2D eigenvalue weighted by molar-refractivity contribution is 0.673. The molecule has 2 aromatic rings. The third-order valence-electron chi connectivity index (χ3n) is 3.06. The summed E-state index contributed by atoms with van der Waals surface area (Å²) >= 11 is 1.66. The van der Waals surface area contributed by atoms with Crippen molar-refractivity contribution in [3.63, 3.8) is 0 Å². The van der Waals surface area contributed by atoms with E-state index in [1.807, 2.05) is 0 Å². The summed E-state index contributed by atoms with van der Waals surface area (Å²) in [6.45, 7) is 2.01. The Morgan fingerprint density at radius 1 is 1.47 bits per heavy atom. The Morgan fingerprint density at radius 3 is 3.18 bits per heavy atom. The second kappa shape index (κ2) is 4.58. The standard InChI is InChI=1S/C12H16N4S/c1-16(6-5-13-9-2-3-9)11-10-4-7-17-12(10)15-8-14-11/h4,7-9,13H,2-3,5-6H2,1H3. The van der Waals surface area contributed by atoms with Crippen LogP contribution in [0.5, 0.6) is 0 Å². The Labute approximate surface area is 105 Å². The summed E-state index contributed by atoms with van der Waals surface area (Å²) in [7, 11) is 2.09. The van der Waals surface area contributed by atoms with Crippen molar-refractivity contribution in [2.45, 2.75) is 18.9 Å². The molecule has 1 aliphatic rings. The summed E-state index contributed by atoms with van der Waals surface area (Å²) < 4.78 is 0. The van der Waals surface area contributed by atoms with Crippen molar-refractivity contribution in [3.05, 3.63) is 17.8 Å². The molecule has 0 atom stereocenters. The van der Waals surface area contributed by atoms with Gasteiger partial charge in [0.15, 0.2) is 0 Å². The molecule has 0 bridgehead atoms. The molecule has 3 rings (SSSR count). The van der Waals surface area contributed by atoms with Gasteiger partial charge >= 0.3 is 0 Å². The van der Waals surface area contributed by atoms with Crippen LogP contribution in [0, 0.1) is 0 Å². The highest BCUT2D eigenvalue weighted by atomic mass is 32.1. The fourth-order valence-corrected chi connectivity index (χ4v) is 2.64. The average Bonchev–Trinajstić information content (AvgIpc) is 3.04. The van der Waals surface area contributed by atoms with E-state index in [1.54, 1.807) is 17.7 Å². The molecular weight excluding hydrogens is 232 g/mol. The summed E-state index contributed by atoms with van der Waals surface area (Å²) in [6.07, 6.45) is 4.33. The van der Waals surface area contributed by atoms with Gasteiger partial charge in [-0.25, -0.2) is 9.97 Å². The fourth-order valence-electron chi connectivity index (χ4n) is 1.91. The number of nitrogens with zero attached hydrogens (tertiary/aromatic N) is 3. The van der Waals surface area contributed by atoms with Gasteiger partial charge in [-0.1, -0.05) is 0 Å². The van der Waals surface area contributed by atoms with Crippen molar-refractivity contribution in [2.24, 2.45) is 0 Å². The van der Waals surface area contributed by atoms with Crippen LogP contribution in [0.3, 0.4) is 0 Å². The van der Waals surface area contributed by atoms with Gasteiger partial charge in [0.05, 0.1) is 5.39 Å². The monoisotopic (exact) mass is 248 g/mol. The first-order chi connectivity index (χ1) is 8.34. The number of likely N-dealkylation sites (N-methyl/N-ethyl adjacent to an activating group) is 1. The number of hydrogen-bond donors (Lipinski definition) is 1. The van der Waals surface area contributed by atoms with E-state index < -0.39 is 0 Å². The largest absolute Gasteiger partial charge is 0.358 e. The summed E-state index contributed by atoms with van der Waals surface area (Å²) in [5.74, 6) is 1.04. The minimum atomic E-state index is 0.773. The van der Waals surface area contributed by atoms with E-state index in [0.717, 1.165) is 35.2 Å². The van der Waals surface area contributed by atoms with Crippen LogP contribution in [-0.2, 0) is 0 Å². The average molecular weight is 248 g/mol. The zero-order valence-corrected chi connectivity index (χ0v) is 10.7. The molecule has 5 heteroatoms. The van der Waals surface area contributed by atoms with Crippen LogP contribution in [0.25, 0.3) is 10.2 Å². The number of anilines is 1. The van der Waals surface area contributed by atoms with Gasteiger partial charge in [0, 0.05) is 26.2 Å². The highest BCUT2D eigenvalue weighted by molar-refractivity contribution is 7.16. The molecule has 1 fully saturated rings. The van der Waals surface area contributed by atoms with Crippen molar-refractivity contribution in [2.75, 3.05) is 25.0 Å². The van der Waals surface area contributed by atoms with Crippen molar-refractivity contribution in [1.29, 1.82) is 0 Å². The molecule has 90 valence electrons. The molecule has 0 radical (unpaired) electrons. The molecule has 0 aromatic carbocycles. The van der Waals surface area contributed by atoms with Crippen molar-refractivity contribution < 1.29 is 0 Å². The van der Waals surface area contributed by atoms with Gasteiger partial charge in [-0.15, -0.1) is 11.3 Å². The van der Waals surface area contributed by atoms with E-state index >= 15 is 0 Å². The SMILES string of the molecule is CN(CCNC1CC1)c1ncnc2sccc12. The van der Waals surface area contributed by atoms with Gasteiger partial charge in [-0.3, -0.25) is 0 Å². The molecule has 1 N–H and O–H groups in total. The summed E-state index contributed by atoms with van der Waals surface area (Å²) in [4.78, 5) is 11.9. The molecular formula is C12H16N4S. The van der Waals surface area contributed by atoms with Crippen LogP contribution >= 0.6 is 11.3 Å².